The SMILES string of the molecule is CCCCc1c(/C=C/C(=O)O)cc(OC)c2ccc(OC)cc12. The normalized spacial score (nSPS) is 11.1. The first kappa shape index (κ1) is 16.9. The first-order valence-electron chi connectivity index (χ1n) is 7.69. The predicted molar refractivity (Wildman–Crippen MR) is 92.3 cm³/mol. The Bertz CT molecular complexity index is 732. The van der Waals surface area contributed by atoms with Gasteiger partial charge in [-0.1, -0.05) is 13.3 Å². The molecule has 0 bridgehead atoms. The zero-order valence-electron chi connectivity index (χ0n) is 13.8. The molecule has 0 atom stereocenters. The number of fused-ring (bicyclic) bond motifs is 1. The molecule has 0 unspecified atom stereocenters. The summed E-state index contributed by atoms with van der Waals surface area (Å²) in [6.07, 6.45) is 5.78. The zero-order valence-corrected chi connectivity index (χ0v) is 13.8. The highest BCUT2D eigenvalue weighted by atomic mass is 16.5. The molecular formula is C19H22O4. The highest BCUT2D eigenvalue weighted by Crippen LogP contribution is 2.35. The number of methoxy groups -OCH3 is 2. The van der Waals surface area contributed by atoms with Gasteiger partial charge in [0.1, 0.15) is 11.5 Å². The van der Waals surface area contributed by atoms with Crippen LogP contribution in [0.1, 0.15) is 30.9 Å². The summed E-state index contributed by atoms with van der Waals surface area (Å²) in [7, 11) is 3.26. The van der Waals surface area contributed by atoms with E-state index in [0.29, 0.717) is 0 Å². The van der Waals surface area contributed by atoms with Gasteiger partial charge in [0.2, 0.25) is 0 Å². The van der Waals surface area contributed by atoms with Crippen LogP contribution in [0, 0.1) is 0 Å². The van der Waals surface area contributed by atoms with Crippen LogP contribution < -0.4 is 9.47 Å². The van der Waals surface area contributed by atoms with Gasteiger partial charge in [-0.15, -0.1) is 0 Å². The van der Waals surface area contributed by atoms with Crippen molar-refractivity contribution in [3.05, 3.63) is 41.5 Å². The molecule has 0 aromatic heterocycles. The third-order valence-corrected chi connectivity index (χ3v) is 3.86. The van der Waals surface area contributed by atoms with Crippen LogP contribution in [0.2, 0.25) is 0 Å². The fourth-order valence-electron chi connectivity index (χ4n) is 2.69. The van der Waals surface area contributed by atoms with E-state index in [1.807, 2.05) is 24.3 Å². The van der Waals surface area contributed by atoms with Gasteiger partial charge in [-0.25, -0.2) is 4.79 Å². The summed E-state index contributed by atoms with van der Waals surface area (Å²) >= 11 is 0. The molecule has 2 aromatic carbocycles. The van der Waals surface area contributed by atoms with Gasteiger partial charge in [-0.3, -0.25) is 0 Å². The Morgan fingerprint density at radius 1 is 1.17 bits per heavy atom. The smallest absolute Gasteiger partial charge is 0.328 e. The second-order valence-corrected chi connectivity index (χ2v) is 5.33. The molecule has 2 rings (SSSR count). The molecule has 0 aliphatic rings. The van der Waals surface area contributed by atoms with E-state index in [0.717, 1.165) is 58.7 Å². The molecule has 0 fully saturated rings. The van der Waals surface area contributed by atoms with Crippen molar-refractivity contribution >= 4 is 22.8 Å². The molecule has 0 radical (unpaired) electrons. The van der Waals surface area contributed by atoms with Gasteiger partial charge in [0.05, 0.1) is 14.2 Å². The average molecular weight is 314 g/mol. The molecule has 0 heterocycles. The van der Waals surface area contributed by atoms with Crippen molar-refractivity contribution in [3.63, 3.8) is 0 Å². The van der Waals surface area contributed by atoms with E-state index >= 15 is 0 Å². The summed E-state index contributed by atoms with van der Waals surface area (Å²) in [5.74, 6) is 0.542. The highest BCUT2D eigenvalue weighted by molar-refractivity contribution is 5.96. The van der Waals surface area contributed by atoms with E-state index in [9.17, 15) is 4.79 Å². The van der Waals surface area contributed by atoms with Crippen molar-refractivity contribution in [1.29, 1.82) is 0 Å². The summed E-state index contributed by atoms with van der Waals surface area (Å²) in [5.41, 5.74) is 2.00. The van der Waals surface area contributed by atoms with Crippen LogP contribution >= 0.6 is 0 Å². The van der Waals surface area contributed by atoms with Crippen molar-refractivity contribution in [2.75, 3.05) is 14.2 Å². The van der Waals surface area contributed by atoms with Gasteiger partial charge in [-0.2, -0.15) is 0 Å². The predicted octanol–water partition coefficient (Wildman–Crippen LogP) is 4.30. The van der Waals surface area contributed by atoms with E-state index in [-0.39, 0.29) is 0 Å². The van der Waals surface area contributed by atoms with Crippen molar-refractivity contribution in [2.24, 2.45) is 0 Å². The van der Waals surface area contributed by atoms with E-state index in [4.69, 9.17) is 14.6 Å². The van der Waals surface area contributed by atoms with E-state index < -0.39 is 5.97 Å². The standard InChI is InChI=1S/C19H22O4/c1-4-5-6-15-13(7-10-19(20)21)11-18(23-3)16-9-8-14(22-2)12-17(15)16/h7-12H,4-6H2,1-3H3,(H,20,21)/b10-7+. The van der Waals surface area contributed by atoms with Crippen molar-refractivity contribution in [1.82, 2.24) is 0 Å². The Kier molecular flexibility index (Phi) is 5.63. The largest absolute Gasteiger partial charge is 0.497 e. The second kappa shape index (κ2) is 7.68. The van der Waals surface area contributed by atoms with E-state index in [1.165, 1.54) is 0 Å². The van der Waals surface area contributed by atoms with Gasteiger partial charge in [0.15, 0.2) is 0 Å². The molecule has 2 aromatic rings. The minimum Gasteiger partial charge on any atom is -0.497 e. The van der Waals surface area contributed by atoms with Gasteiger partial charge in [0, 0.05) is 11.5 Å². The monoisotopic (exact) mass is 314 g/mol. The molecule has 4 heteroatoms. The second-order valence-electron chi connectivity index (χ2n) is 5.33. The molecule has 23 heavy (non-hydrogen) atoms. The lowest BCUT2D eigenvalue weighted by Gasteiger charge is -2.15. The molecule has 0 aliphatic heterocycles. The lowest BCUT2D eigenvalue weighted by Crippen LogP contribution is -1.97. The number of rotatable bonds is 7. The maximum absolute atomic E-state index is 10.9. The van der Waals surface area contributed by atoms with Crippen LogP contribution in [-0.4, -0.2) is 25.3 Å². The highest BCUT2D eigenvalue weighted by Gasteiger charge is 2.12. The molecule has 4 nitrogen and oxygen atoms in total. The topological polar surface area (TPSA) is 55.8 Å². The lowest BCUT2D eigenvalue weighted by molar-refractivity contribution is -0.131. The van der Waals surface area contributed by atoms with Crippen molar-refractivity contribution in [3.8, 4) is 11.5 Å². The summed E-state index contributed by atoms with van der Waals surface area (Å²) in [6, 6.07) is 7.77. The number of carbonyl (C=O) groups is 1. The molecule has 0 saturated carbocycles. The lowest BCUT2D eigenvalue weighted by atomic mass is 9.93. The van der Waals surface area contributed by atoms with E-state index in [2.05, 4.69) is 6.92 Å². The van der Waals surface area contributed by atoms with Gasteiger partial charge in [0.25, 0.3) is 0 Å². The number of benzene rings is 2. The molecule has 122 valence electrons. The molecule has 0 aliphatic carbocycles. The summed E-state index contributed by atoms with van der Waals surface area (Å²) < 4.78 is 10.8. The van der Waals surface area contributed by atoms with Crippen LogP contribution in [0.5, 0.6) is 11.5 Å². The fourth-order valence-corrected chi connectivity index (χ4v) is 2.69. The average Bonchev–Trinajstić information content (AvgIpc) is 2.57. The number of aliphatic carboxylic acids is 1. The van der Waals surface area contributed by atoms with Crippen LogP contribution in [0.25, 0.3) is 16.8 Å². The van der Waals surface area contributed by atoms with Crippen LogP contribution in [0.4, 0.5) is 0 Å². The zero-order chi connectivity index (χ0) is 16.8. The first-order valence-corrected chi connectivity index (χ1v) is 7.69. The van der Waals surface area contributed by atoms with E-state index in [1.54, 1.807) is 20.3 Å². The number of ether oxygens (including phenoxy) is 2. The molecule has 0 saturated heterocycles. The van der Waals surface area contributed by atoms with Gasteiger partial charge >= 0.3 is 5.97 Å². The Morgan fingerprint density at radius 2 is 1.96 bits per heavy atom. The third kappa shape index (κ3) is 3.83. The number of carboxylic acid groups (broad SMARTS) is 1. The first-order chi connectivity index (χ1) is 11.1. The number of carboxylic acids is 1. The Hall–Kier alpha value is -2.49. The minimum atomic E-state index is -0.962. The summed E-state index contributed by atoms with van der Waals surface area (Å²) in [6.45, 7) is 2.14. The number of aryl methyl sites for hydroxylation is 1. The maximum Gasteiger partial charge on any atom is 0.328 e. The molecular weight excluding hydrogens is 292 g/mol. The van der Waals surface area contributed by atoms with Crippen LogP contribution in [0.3, 0.4) is 0 Å². The van der Waals surface area contributed by atoms with Crippen LogP contribution in [-0.2, 0) is 11.2 Å². The van der Waals surface area contributed by atoms with Crippen molar-refractivity contribution in [2.45, 2.75) is 26.2 Å². The Balaban J connectivity index is 2.72. The molecule has 1 N–H and O–H groups in total. The Labute approximate surface area is 136 Å². The van der Waals surface area contributed by atoms with Crippen LogP contribution in [0.15, 0.2) is 30.3 Å². The quantitative estimate of drug-likeness (QED) is 0.774. The molecule has 0 spiro atoms. The van der Waals surface area contributed by atoms with Gasteiger partial charge < -0.3 is 14.6 Å². The third-order valence-electron chi connectivity index (χ3n) is 3.86. The number of hydrogen-bond acceptors (Lipinski definition) is 3. The Morgan fingerprint density at radius 3 is 2.57 bits per heavy atom. The fraction of sp³-hybridized carbons (Fsp3) is 0.316. The molecule has 0 amide bonds. The number of unbranched alkanes of at least 4 members (excludes halogenated alkanes) is 1. The maximum atomic E-state index is 10.9. The summed E-state index contributed by atoms with van der Waals surface area (Å²) in [4.78, 5) is 10.9. The van der Waals surface area contributed by atoms with Gasteiger partial charge in [-0.05, 0) is 59.7 Å². The summed E-state index contributed by atoms with van der Waals surface area (Å²) in [5, 5.41) is 11.0. The number of hydrogen-bond donors (Lipinski definition) is 1. The minimum absolute atomic E-state index is 0.730. The van der Waals surface area contributed by atoms with Crippen molar-refractivity contribution < 1.29 is 19.4 Å².